The molecule has 0 aromatic heterocycles. The maximum atomic E-state index is 11.5. The number of carbonyl (C=O) groups is 2. The molecule has 8 heteroatoms. The summed E-state index contributed by atoms with van der Waals surface area (Å²) >= 11 is 1.51. The fraction of sp³-hybridized carbons (Fsp3) is 0.867. The smallest absolute Gasteiger partial charge is 0.303 e. The highest BCUT2D eigenvalue weighted by Gasteiger charge is 2.56. The van der Waals surface area contributed by atoms with Gasteiger partial charge in [0.15, 0.2) is 11.9 Å². The lowest BCUT2D eigenvalue weighted by atomic mass is 10.00. The number of rotatable bonds is 5. The van der Waals surface area contributed by atoms with E-state index in [2.05, 4.69) is 0 Å². The summed E-state index contributed by atoms with van der Waals surface area (Å²) in [5.41, 5.74) is -0.400. The Balaban J connectivity index is 2.21. The lowest BCUT2D eigenvalue weighted by Gasteiger charge is -2.41. The SMILES string of the molecule is CCS[C@@H]1O[C@H](COC(C)=O)[C@@H]2OC(C)(C)O[C@@H]2[C@H]1OC(C)=O. The molecular weight excluding hydrogens is 324 g/mol. The van der Waals surface area contributed by atoms with Gasteiger partial charge >= 0.3 is 11.9 Å². The third-order valence-electron chi connectivity index (χ3n) is 3.51. The van der Waals surface area contributed by atoms with E-state index in [9.17, 15) is 9.59 Å². The number of hydrogen-bond donors (Lipinski definition) is 0. The van der Waals surface area contributed by atoms with Gasteiger partial charge in [-0.1, -0.05) is 6.92 Å². The Morgan fingerprint density at radius 2 is 1.78 bits per heavy atom. The van der Waals surface area contributed by atoms with E-state index in [1.165, 1.54) is 25.6 Å². The van der Waals surface area contributed by atoms with Crippen LogP contribution < -0.4 is 0 Å². The van der Waals surface area contributed by atoms with Gasteiger partial charge < -0.3 is 23.7 Å². The second-order valence-corrected chi connectivity index (χ2v) is 7.31. The number of carbonyl (C=O) groups excluding carboxylic acids is 2. The molecule has 0 spiro atoms. The van der Waals surface area contributed by atoms with Crippen molar-refractivity contribution in [3.8, 4) is 0 Å². The van der Waals surface area contributed by atoms with Crippen LogP contribution in [0.4, 0.5) is 0 Å². The van der Waals surface area contributed by atoms with E-state index in [1.807, 2.05) is 6.92 Å². The molecule has 2 heterocycles. The summed E-state index contributed by atoms with van der Waals surface area (Å²) < 4.78 is 28.4. The summed E-state index contributed by atoms with van der Waals surface area (Å²) in [7, 11) is 0. The van der Waals surface area contributed by atoms with E-state index >= 15 is 0 Å². The quantitative estimate of drug-likeness (QED) is 0.691. The largest absolute Gasteiger partial charge is 0.463 e. The van der Waals surface area contributed by atoms with Crippen LogP contribution in [0.3, 0.4) is 0 Å². The lowest BCUT2D eigenvalue weighted by Crippen LogP contribution is -2.57. The fourth-order valence-corrected chi connectivity index (χ4v) is 3.74. The zero-order valence-corrected chi connectivity index (χ0v) is 14.9. The Kier molecular flexibility index (Phi) is 5.94. The molecule has 0 aromatic carbocycles. The van der Waals surface area contributed by atoms with E-state index < -0.39 is 41.6 Å². The highest BCUT2D eigenvalue weighted by molar-refractivity contribution is 7.99. The summed E-state index contributed by atoms with van der Waals surface area (Å²) in [5.74, 6) is -0.822. The molecule has 2 aliphatic rings. The van der Waals surface area contributed by atoms with Gasteiger partial charge in [-0.3, -0.25) is 9.59 Å². The van der Waals surface area contributed by atoms with Crippen molar-refractivity contribution in [1.29, 1.82) is 0 Å². The van der Waals surface area contributed by atoms with Gasteiger partial charge in [-0.15, -0.1) is 11.8 Å². The highest BCUT2D eigenvalue weighted by Crippen LogP contribution is 2.41. The molecule has 2 aliphatic heterocycles. The summed E-state index contributed by atoms with van der Waals surface area (Å²) in [5, 5.41) is 0. The predicted octanol–water partition coefficient (Wildman–Crippen LogP) is 1.48. The molecule has 2 fully saturated rings. The number of thioether (sulfide) groups is 1. The second-order valence-electron chi connectivity index (χ2n) is 5.94. The minimum atomic E-state index is -0.822. The van der Waals surface area contributed by atoms with E-state index in [-0.39, 0.29) is 12.6 Å². The van der Waals surface area contributed by atoms with Gasteiger partial charge in [-0.2, -0.15) is 0 Å². The van der Waals surface area contributed by atoms with Crippen LogP contribution in [0.25, 0.3) is 0 Å². The third-order valence-corrected chi connectivity index (χ3v) is 4.56. The first-order valence-electron chi connectivity index (χ1n) is 7.66. The third kappa shape index (κ3) is 4.59. The van der Waals surface area contributed by atoms with E-state index in [0.717, 1.165) is 5.75 Å². The summed E-state index contributed by atoms with van der Waals surface area (Å²) in [6.45, 7) is 8.35. The lowest BCUT2D eigenvalue weighted by molar-refractivity contribution is -0.195. The van der Waals surface area contributed by atoms with Gasteiger partial charge in [0.1, 0.15) is 30.4 Å². The summed E-state index contributed by atoms with van der Waals surface area (Å²) in [4.78, 5) is 22.6. The molecule has 0 radical (unpaired) electrons. The molecular formula is C15H24O7S. The number of fused-ring (bicyclic) bond motifs is 1. The molecule has 132 valence electrons. The average Bonchev–Trinajstić information content (AvgIpc) is 2.75. The van der Waals surface area contributed by atoms with Crippen molar-refractivity contribution in [1.82, 2.24) is 0 Å². The van der Waals surface area contributed by atoms with Crippen molar-refractivity contribution >= 4 is 23.7 Å². The van der Waals surface area contributed by atoms with Crippen LogP contribution in [0.5, 0.6) is 0 Å². The number of esters is 2. The maximum Gasteiger partial charge on any atom is 0.303 e. The van der Waals surface area contributed by atoms with Crippen LogP contribution in [0, 0.1) is 0 Å². The topological polar surface area (TPSA) is 80.3 Å². The van der Waals surface area contributed by atoms with Gasteiger partial charge in [-0.25, -0.2) is 0 Å². The molecule has 0 N–H and O–H groups in total. The molecule has 0 aromatic rings. The van der Waals surface area contributed by atoms with Crippen molar-refractivity contribution in [3.63, 3.8) is 0 Å². The van der Waals surface area contributed by atoms with E-state index in [1.54, 1.807) is 13.8 Å². The van der Waals surface area contributed by atoms with Crippen LogP contribution in [-0.4, -0.2) is 59.9 Å². The Hall–Kier alpha value is -0.830. The van der Waals surface area contributed by atoms with Gasteiger partial charge in [-0.05, 0) is 19.6 Å². The van der Waals surface area contributed by atoms with Gasteiger partial charge in [0.05, 0.1) is 0 Å². The molecule has 23 heavy (non-hydrogen) atoms. The zero-order valence-electron chi connectivity index (χ0n) is 14.1. The molecule has 0 unspecified atom stereocenters. The first-order chi connectivity index (χ1) is 10.7. The van der Waals surface area contributed by atoms with Crippen molar-refractivity contribution in [2.75, 3.05) is 12.4 Å². The minimum absolute atomic E-state index is 0.0729. The standard InChI is InChI=1S/C15H24O7S/c1-6-23-14-13(19-9(3)17)12-11(21-15(4,5)22-12)10(20-14)7-18-8(2)16/h10-14H,6-7H2,1-5H3/t10-,11+,12+,13-,14+/m1/s1. The van der Waals surface area contributed by atoms with E-state index in [0.29, 0.717) is 0 Å². The minimum Gasteiger partial charge on any atom is -0.463 e. The van der Waals surface area contributed by atoms with Gasteiger partial charge in [0.25, 0.3) is 0 Å². The predicted molar refractivity (Wildman–Crippen MR) is 82.8 cm³/mol. The molecule has 0 saturated carbocycles. The Bertz CT molecular complexity index is 453. The van der Waals surface area contributed by atoms with E-state index in [4.69, 9.17) is 23.7 Å². The van der Waals surface area contributed by atoms with Gasteiger partial charge in [0, 0.05) is 13.8 Å². The summed E-state index contributed by atoms with van der Waals surface area (Å²) in [6.07, 6.45) is -1.98. The molecule has 2 rings (SSSR count). The Labute approximate surface area is 140 Å². The van der Waals surface area contributed by atoms with Crippen LogP contribution in [-0.2, 0) is 33.3 Å². The van der Waals surface area contributed by atoms with Crippen LogP contribution in [0.15, 0.2) is 0 Å². The van der Waals surface area contributed by atoms with Crippen molar-refractivity contribution in [2.24, 2.45) is 0 Å². The summed E-state index contributed by atoms with van der Waals surface area (Å²) in [6, 6.07) is 0. The maximum absolute atomic E-state index is 11.5. The van der Waals surface area contributed by atoms with Crippen molar-refractivity contribution in [2.45, 2.75) is 70.3 Å². The van der Waals surface area contributed by atoms with Crippen molar-refractivity contribution < 1.29 is 33.3 Å². The number of hydrogen-bond acceptors (Lipinski definition) is 8. The Morgan fingerprint density at radius 3 is 2.35 bits per heavy atom. The molecule has 5 atom stereocenters. The molecule has 0 aliphatic carbocycles. The highest BCUT2D eigenvalue weighted by atomic mass is 32.2. The normalized spacial score (nSPS) is 35.4. The van der Waals surface area contributed by atoms with Crippen LogP contribution in [0.2, 0.25) is 0 Å². The first-order valence-corrected chi connectivity index (χ1v) is 8.71. The molecule has 0 amide bonds. The van der Waals surface area contributed by atoms with Gasteiger partial charge in [0.2, 0.25) is 0 Å². The van der Waals surface area contributed by atoms with Crippen LogP contribution >= 0.6 is 11.8 Å². The van der Waals surface area contributed by atoms with Crippen LogP contribution in [0.1, 0.15) is 34.6 Å². The first kappa shape index (κ1) is 18.5. The average molecular weight is 348 g/mol. The monoisotopic (exact) mass is 348 g/mol. The fourth-order valence-electron chi connectivity index (χ4n) is 2.79. The Morgan fingerprint density at radius 1 is 1.13 bits per heavy atom. The molecule has 2 saturated heterocycles. The zero-order chi connectivity index (χ0) is 17.2. The number of ether oxygens (including phenoxy) is 5. The molecule has 0 bridgehead atoms. The molecule has 7 nitrogen and oxygen atoms in total. The second kappa shape index (κ2) is 7.38. The van der Waals surface area contributed by atoms with Crippen molar-refractivity contribution in [3.05, 3.63) is 0 Å².